The van der Waals surface area contributed by atoms with Crippen LogP contribution in [-0.4, -0.2) is 53.5 Å². The fraction of sp³-hybridized carbons (Fsp3) is 0.600. The summed E-state index contributed by atoms with van der Waals surface area (Å²) in [6.07, 6.45) is 1.28. The Kier molecular flexibility index (Phi) is 4.68. The zero-order valence-electron chi connectivity index (χ0n) is 4.87. The minimum atomic E-state index is -0.109. The molecule has 0 bridgehead atoms. The topological polar surface area (TPSA) is 46.6 Å². The molecule has 0 N–H and O–H groups in total. The van der Waals surface area contributed by atoms with E-state index in [1.807, 2.05) is 0 Å². The maximum atomic E-state index is 10.6. The number of hydroxylamine groups is 2. The Morgan fingerprint density at radius 3 is 2.70 bits per heavy atom. The monoisotopic (exact) mass is 153 g/mol. The third-order valence-electron chi connectivity index (χ3n) is 1.20. The van der Waals surface area contributed by atoms with Gasteiger partial charge in [-0.25, -0.2) is 0 Å². The Labute approximate surface area is 80.8 Å². The van der Waals surface area contributed by atoms with Gasteiger partial charge < -0.3 is 4.84 Å². The van der Waals surface area contributed by atoms with E-state index in [2.05, 4.69) is 4.84 Å². The zero-order chi connectivity index (χ0) is 6.69. The van der Waals surface area contributed by atoms with Crippen LogP contribution >= 0.6 is 0 Å². The number of hydrogen-bond donors (Lipinski definition) is 0. The van der Waals surface area contributed by atoms with Crippen LogP contribution in [0.15, 0.2) is 0 Å². The molecule has 0 radical (unpaired) electrons. The van der Waals surface area contributed by atoms with E-state index in [4.69, 9.17) is 0 Å². The number of rotatable bonds is 2. The average Bonchev–Trinajstić information content (AvgIpc) is 2.18. The molecule has 0 saturated carbocycles. The summed E-state index contributed by atoms with van der Waals surface area (Å²) in [5, 5.41) is 1.08. The molecule has 4 nitrogen and oxygen atoms in total. The van der Waals surface area contributed by atoms with E-state index in [-0.39, 0.29) is 41.9 Å². The zero-order valence-corrected chi connectivity index (χ0v) is 4.87. The number of nitrogens with zero attached hydrogens (tertiary/aromatic N) is 1. The van der Waals surface area contributed by atoms with Gasteiger partial charge in [0.25, 0.3) is 5.91 Å². The van der Waals surface area contributed by atoms with Gasteiger partial charge in [-0.1, -0.05) is 0 Å². The maximum absolute atomic E-state index is 10.6. The molecule has 5 heteroatoms. The van der Waals surface area contributed by atoms with Gasteiger partial charge in [0.2, 0.25) is 0 Å². The van der Waals surface area contributed by atoms with Gasteiger partial charge in [0.15, 0.2) is 0 Å². The van der Waals surface area contributed by atoms with Crippen LogP contribution in [0, 0.1) is 0 Å². The Hall–Kier alpha value is -0.0600. The molecule has 1 heterocycles. The molecule has 0 aliphatic carbocycles. The van der Waals surface area contributed by atoms with Gasteiger partial charge in [-0.3, -0.25) is 9.59 Å². The van der Waals surface area contributed by atoms with Crippen molar-refractivity contribution < 1.29 is 14.4 Å². The van der Waals surface area contributed by atoms with Crippen molar-refractivity contribution in [1.29, 1.82) is 0 Å². The second-order valence-corrected chi connectivity index (χ2v) is 1.80. The second-order valence-electron chi connectivity index (χ2n) is 1.80. The van der Waals surface area contributed by atoms with Crippen molar-refractivity contribution in [2.24, 2.45) is 0 Å². The van der Waals surface area contributed by atoms with E-state index in [1.165, 1.54) is 0 Å². The molecule has 0 atom stereocenters. The van der Waals surface area contributed by atoms with Gasteiger partial charge >= 0.3 is 36.0 Å². The molecule has 10 heavy (non-hydrogen) atoms. The Morgan fingerprint density at radius 1 is 1.60 bits per heavy atom. The van der Waals surface area contributed by atoms with E-state index in [9.17, 15) is 9.59 Å². The van der Waals surface area contributed by atoms with Crippen LogP contribution in [0.2, 0.25) is 0 Å². The van der Waals surface area contributed by atoms with Crippen molar-refractivity contribution in [3.63, 3.8) is 0 Å². The predicted molar refractivity (Wildman–Crippen MR) is 35.2 cm³/mol. The van der Waals surface area contributed by atoms with Crippen molar-refractivity contribution in [2.45, 2.75) is 12.8 Å². The van der Waals surface area contributed by atoms with Crippen LogP contribution in [0.4, 0.5) is 0 Å². The molecule has 0 aromatic carbocycles. The summed E-state index contributed by atoms with van der Waals surface area (Å²) in [5.41, 5.74) is 0. The number of amides is 1. The summed E-state index contributed by atoms with van der Waals surface area (Å²) < 4.78 is 0. The van der Waals surface area contributed by atoms with Crippen molar-refractivity contribution in [1.82, 2.24) is 5.06 Å². The van der Waals surface area contributed by atoms with Gasteiger partial charge in [-0.2, -0.15) is 5.06 Å². The molecule has 1 amide bonds. The van der Waals surface area contributed by atoms with Crippen molar-refractivity contribution in [3.05, 3.63) is 0 Å². The first-order valence-corrected chi connectivity index (χ1v) is 2.75. The van der Waals surface area contributed by atoms with Gasteiger partial charge in [0, 0.05) is 6.42 Å². The normalized spacial score (nSPS) is 16.4. The standard InChI is InChI=1S/C5H7NO3.Na.H/c7-4-9-6-3-1-2-5(6)8;;/h4H,1-3H2;;. The van der Waals surface area contributed by atoms with E-state index in [0.717, 1.165) is 11.5 Å². The number of carbonyl (C=O) groups is 2. The summed E-state index contributed by atoms with van der Waals surface area (Å²) in [7, 11) is 0. The molecule has 0 unspecified atom stereocenters. The molecule has 1 saturated heterocycles. The summed E-state index contributed by atoms with van der Waals surface area (Å²) in [5.74, 6) is -0.109. The quantitative estimate of drug-likeness (QED) is 0.379. The van der Waals surface area contributed by atoms with Crippen LogP contribution in [-0.2, 0) is 14.4 Å². The number of carbonyl (C=O) groups excluding carboxylic acids is 2. The van der Waals surface area contributed by atoms with Gasteiger partial charge in [0.05, 0.1) is 6.54 Å². The molecule has 52 valence electrons. The molecule has 1 aliphatic heterocycles. The van der Waals surface area contributed by atoms with E-state index < -0.39 is 0 Å². The van der Waals surface area contributed by atoms with Gasteiger partial charge in [-0.15, -0.1) is 0 Å². The SMILES string of the molecule is O=CON1CCCC1=O.[NaH]. The van der Waals surface area contributed by atoms with E-state index >= 15 is 0 Å². The second kappa shape index (κ2) is 4.71. The van der Waals surface area contributed by atoms with Crippen LogP contribution in [0.1, 0.15) is 12.8 Å². The Bertz CT molecular complexity index is 139. The van der Waals surface area contributed by atoms with E-state index in [0.29, 0.717) is 13.0 Å². The minimum absolute atomic E-state index is 0. The average molecular weight is 153 g/mol. The fourth-order valence-electron chi connectivity index (χ4n) is 0.787. The Morgan fingerprint density at radius 2 is 2.30 bits per heavy atom. The third-order valence-corrected chi connectivity index (χ3v) is 1.20. The van der Waals surface area contributed by atoms with Crippen molar-refractivity contribution in [2.75, 3.05) is 6.54 Å². The first-order valence-electron chi connectivity index (χ1n) is 2.75. The molecular formula is C5H8NNaO3. The molecule has 0 spiro atoms. The number of hydrogen-bond acceptors (Lipinski definition) is 3. The summed E-state index contributed by atoms with van der Waals surface area (Å²) in [6.45, 7) is 0.806. The summed E-state index contributed by atoms with van der Waals surface area (Å²) in [4.78, 5) is 24.6. The van der Waals surface area contributed by atoms with Gasteiger partial charge in [-0.05, 0) is 6.42 Å². The third kappa shape index (κ3) is 2.28. The molecule has 0 aromatic rings. The molecule has 1 fully saturated rings. The predicted octanol–water partition coefficient (Wildman–Crippen LogP) is -0.952. The van der Waals surface area contributed by atoms with Gasteiger partial charge in [0.1, 0.15) is 0 Å². The molecule has 1 aliphatic rings. The first kappa shape index (κ1) is 9.94. The molecule has 1 rings (SSSR count). The fourth-order valence-corrected chi connectivity index (χ4v) is 0.787. The Balaban J connectivity index is 0.000000810. The van der Waals surface area contributed by atoms with Crippen LogP contribution in [0.25, 0.3) is 0 Å². The van der Waals surface area contributed by atoms with Crippen molar-refractivity contribution >= 4 is 41.9 Å². The summed E-state index contributed by atoms with van der Waals surface area (Å²) >= 11 is 0. The van der Waals surface area contributed by atoms with Crippen LogP contribution < -0.4 is 0 Å². The summed E-state index contributed by atoms with van der Waals surface area (Å²) in [6, 6.07) is 0. The first-order chi connectivity index (χ1) is 4.34. The van der Waals surface area contributed by atoms with Crippen LogP contribution in [0.3, 0.4) is 0 Å². The van der Waals surface area contributed by atoms with E-state index in [1.54, 1.807) is 0 Å². The molecule has 0 aromatic heterocycles. The van der Waals surface area contributed by atoms with Crippen LogP contribution in [0.5, 0.6) is 0 Å². The van der Waals surface area contributed by atoms with Crippen molar-refractivity contribution in [3.8, 4) is 0 Å². The molecular weight excluding hydrogens is 145 g/mol.